The van der Waals surface area contributed by atoms with Crippen LogP contribution < -0.4 is 0 Å². The molecule has 0 aliphatic carbocycles. The lowest BCUT2D eigenvalue weighted by Gasteiger charge is -2.08. The zero-order valence-corrected chi connectivity index (χ0v) is 9.54. The number of nitro groups is 1. The van der Waals surface area contributed by atoms with E-state index in [1.807, 2.05) is 0 Å². The van der Waals surface area contributed by atoms with E-state index in [4.69, 9.17) is 16.7 Å². The fourth-order valence-electron chi connectivity index (χ4n) is 1.58. The number of nitrogens with zero attached hydrogens (tertiary/aromatic N) is 1. The SMILES string of the molecule is CCc1c([N+](=O)[O-])cc(C(=O)O)c(Cl)c1C. The smallest absolute Gasteiger partial charge is 0.337 e. The summed E-state index contributed by atoms with van der Waals surface area (Å²) in [5.74, 6) is -1.26. The first-order chi connectivity index (χ1) is 7.40. The van der Waals surface area contributed by atoms with Crippen molar-refractivity contribution in [2.24, 2.45) is 0 Å². The summed E-state index contributed by atoms with van der Waals surface area (Å²) in [7, 11) is 0. The fraction of sp³-hybridized carbons (Fsp3) is 0.300. The van der Waals surface area contributed by atoms with Crippen LogP contribution in [0.4, 0.5) is 5.69 Å². The molecule has 0 radical (unpaired) electrons. The Morgan fingerprint density at radius 1 is 1.62 bits per heavy atom. The Kier molecular flexibility index (Phi) is 3.49. The molecule has 0 saturated carbocycles. The van der Waals surface area contributed by atoms with E-state index in [0.717, 1.165) is 6.07 Å². The second-order valence-electron chi connectivity index (χ2n) is 3.28. The molecule has 1 N–H and O–H groups in total. The summed E-state index contributed by atoms with van der Waals surface area (Å²) in [5.41, 5.74) is 0.501. The van der Waals surface area contributed by atoms with Gasteiger partial charge in [0.25, 0.3) is 5.69 Å². The summed E-state index contributed by atoms with van der Waals surface area (Å²) >= 11 is 5.85. The monoisotopic (exact) mass is 243 g/mol. The van der Waals surface area contributed by atoms with Crippen molar-refractivity contribution in [3.8, 4) is 0 Å². The van der Waals surface area contributed by atoms with Crippen LogP contribution in [-0.2, 0) is 6.42 Å². The third-order valence-electron chi connectivity index (χ3n) is 2.39. The van der Waals surface area contributed by atoms with Gasteiger partial charge >= 0.3 is 5.97 Å². The Morgan fingerprint density at radius 2 is 2.19 bits per heavy atom. The average molecular weight is 244 g/mol. The number of carboxylic acid groups (broad SMARTS) is 1. The van der Waals surface area contributed by atoms with E-state index < -0.39 is 10.9 Å². The van der Waals surface area contributed by atoms with Crippen LogP contribution in [-0.4, -0.2) is 16.0 Å². The van der Waals surface area contributed by atoms with Crippen molar-refractivity contribution in [3.63, 3.8) is 0 Å². The van der Waals surface area contributed by atoms with Gasteiger partial charge in [0.2, 0.25) is 0 Å². The van der Waals surface area contributed by atoms with Gasteiger partial charge < -0.3 is 5.11 Å². The van der Waals surface area contributed by atoms with Gasteiger partial charge in [-0.25, -0.2) is 4.79 Å². The van der Waals surface area contributed by atoms with E-state index in [1.54, 1.807) is 13.8 Å². The fourth-order valence-corrected chi connectivity index (χ4v) is 1.83. The van der Waals surface area contributed by atoms with E-state index in [9.17, 15) is 14.9 Å². The standard InChI is InChI=1S/C10H10ClNO4/c1-3-6-5(2)9(11)7(10(13)14)4-8(6)12(15)16/h4H,3H2,1-2H3,(H,13,14). The van der Waals surface area contributed by atoms with Gasteiger partial charge in [0.05, 0.1) is 15.5 Å². The van der Waals surface area contributed by atoms with Crippen molar-refractivity contribution in [1.29, 1.82) is 0 Å². The predicted octanol–water partition coefficient (Wildman–Crippen LogP) is 2.82. The summed E-state index contributed by atoms with van der Waals surface area (Å²) in [6.07, 6.45) is 0.432. The molecule has 0 saturated heterocycles. The topological polar surface area (TPSA) is 80.4 Å². The van der Waals surface area contributed by atoms with Crippen molar-refractivity contribution < 1.29 is 14.8 Å². The highest BCUT2D eigenvalue weighted by Crippen LogP contribution is 2.32. The zero-order valence-electron chi connectivity index (χ0n) is 8.78. The molecular weight excluding hydrogens is 234 g/mol. The Balaban J connectivity index is 3.62. The summed E-state index contributed by atoms with van der Waals surface area (Å²) in [4.78, 5) is 21.0. The largest absolute Gasteiger partial charge is 0.478 e. The van der Waals surface area contributed by atoms with Gasteiger partial charge in [-0.2, -0.15) is 0 Å². The number of hydrogen-bond acceptors (Lipinski definition) is 3. The summed E-state index contributed by atoms with van der Waals surface area (Å²) in [5, 5.41) is 19.7. The van der Waals surface area contributed by atoms with Crippen LogP contribution in [0.15, 0.2) is 6.07 Å². The molecule has 0 fully saturated rings. The first-order valence-electron chi connectivity index (χ1n) is 4.59. The van der Waals surface area contributed by atoms with Crippen molar-refractivity contribution >= 4 is 23.3 Å². The molecule has 5 nitrogen and oxygen atoms in total. The lowest BCUT2D eigenvalue weighted by molar-refractivity contribution is -0.385. The number of rotatable bonds is 3. The highest BCUT2D eigenvalue weighted by Gasteiger charge is 2.23. The lowest BCUT2D eigenvalue weighted by atomic mass is 10.0. The third kappa shape index (κ3) is 1.99. The van der Waals surface area contributed by atoms with Gasteiger partial charge in [-0.15, -0.1) is 0 Å². The Hall–Kier alpha value is -1.62. The maximum Gasteiger partial charge on any atom is 0.337 e. The first-order valence-corrected chi connectivity index (χ1v) is 4.97. The Bertz CT molecular complexity index is 470. The van der Waals surface area contributed by atoms with E-state index in [2.05, 4.69) is 0 Å². The normalized spacial score (nSPS) is 10.2. The van der Waals surface area contributed by atoms with Crippen LogP contribution in [0.25, 0.3) is 0 Å². The molecule has 86 valence electrons. The van der Waals surface area contributed by atoms with Crippen molar-refractivity contribution in [1.82, 2.24) is 0 Å². The molecule has 1 aromatic carbocycles. The molecule has 6 heteroatoms. The number of aromatic carboxylic acids is 1. The van der Waals surface area contributed by atoms with Crippen LogP contribution in [0.1, 0.15) is 28.4 Å². The van der Waals surface area contributed by atoms with Crippen LogP contribution in [0.2, 0.25) is 5.02 Å². The number of nitro benzene ring substituents is 1. The molecule has 0 amide bonds. The van der Waals surface area contributed by atoms with Gasteiger partial charge in [0.1, 0.15) is 0 Å². The molecule has 1 rings (SSSR count). The minimum atomic E-state index is -1.26. The quantitative estimate of drug-likeness (QED) is 0.654. The predicted molar refractivity (Wildman–Crippen MR) is 59.2 cm³/mol. The van der Waals surface area contributed by atoms with Crippen molar-refractivity contribution in [2.45, 2.75) is 20.3 Å². The van der Waals surface area contributed by atoms with Crippen molar-refractivity contribution in [2.75, 3.05) is 0 Å². The number of carboxylic acids is 1. The average Bonchev–Trinajstić information content (AvgIpc) is 2.20. The molecule has 0 bridgehead atoms. The lowest BCUT2D eigenvalue weighted by Crippen LogP contribution is -2.05. The van der Waals surface area contributed by atoms with Crippen molar-refractivity contribution in [3.05, 3.63) is 37.9 Å². The highest BCUT2D eigenvalue weighted by molar-refractivity contribution is 6.34. The maximum absolute atomic E-state index is 10.8. The number of hydrogen-bond donors (Lipinski definition) is 1. The van der Waals surface area contributed by atoms with Crippen LogP contribution in [0.5, 0.6) is 0 Å². The number of benzene rings is 1. The van der Waals surface area contributed by atoms with Gasteiger partial charge in [-0.3, -0.25) is 10.1 Å². The van der Waals surface area contributed by atoms with Gasteiger partial charge in [-0.05, 0) is 18.9 Å². The molecular formula is C10H10ClNO4. The van der Waals surface area contributed by atoms with Crippen LogP contribution >= 0.6 is 11.6 Å². The Labute approximate surface area is 96.8 Å². The minimum absolute atomic E-state index is 0.0648. The Morgan fingerprint density at radius 3 is 2.56 bits per heavy atom. The van der Waals surface area contributed by atoms with E-state index in [0.29, 0.717) is 17.5 Å². The minimum Gasteiger partial charge on any atom is -0.478 e. The molecule has 0 aliphatic rings. The van der Waals surface area contributed by atoms with E-state index in [-0.39, 0.29) is 16.3 Å². The van der Waals surface area contributed by atoms with Gasteiger partial charge in [0.15, 0.2) is 0 Å². The van der Waals surface area contributed by atoms with Gasteiger partial charge in [0, 0.05) is 11.6 Å². The highest BCUT2D eigenvalue weighted by atomic mass is 35.5. The maximum atomic E-state index is 10.8. The van der Waals surface area contributed by atoms with Crippen LogP contribution in [0, 0.1) is 17.0 Å². The molecule has 16 heavy (non-hydrogen) atoms. The summed E-state index contributed by atoms with van der Waals surface area (Å²) in [6, 6.07) is 1.01. The second-order valence-corrected chi connectivity index (χ2v) is 3.65. The molecule has 0 heterocycles. The molecule has 0 aromatic heterocycles. The first kappa shape index (κ1) is 12.4. The molecule has 0 unspecified atom stereocenters. The zero-order chi connectivity index (χ0) is 12.5. The van der Waals surface area contributed by atoms with E-state index in [1.165, 1.54) is 0 Å². The third-order valence-corrected chi connectivity index (χ3v) is 2.88. The van der Waals surface area contributed by atoms with E-state index >= 15 is 0 Å². The molecule has 0 spiro atoms. The second kappa shape index (κ2) is 4.49. The molecule has 0 aliphatic heterocycles. The number of carbonyl (C=O) groups is 1. The van der Waals surface area contributed by atoms with Crippen LogP contribution in [0.3, 0.4) is 0 Å². The number of halogens is 1. The van der Waals surface area contributed by atoms with Gasteiger partial charge in [-0.1, -0.05) is 18.5 Å². The molecule has 1 aromatic rings. The molecule has 0 atom stereocenters. The summed E-state index contributed by atoms with van der Waals surface area (Å²) < 4.78 is 0. The summed E-state index contributed by atoms with van der Waals surface area (Å²) in [6.45, 7) is 3.34.